The molecule has 1 aliphatic heterocycles. The molecule has 0 N–H and O–H groups in total. The molecule has 3 nitrogen and oxygen atoms in total. The van der Waals surface area contributed by atoms with Crippen LogP contribution in [0.1, 0.15) is 27.2 Å². The van der Waals surface area contributed by atoms with E-state index in [1.54, 1.807) is 0 Å². The Labute approximate surface area is 154 Å². The van der Waals surface area contributed by atoms with Crippen molar-refractivity contribution in [2.75, 3.05) is 11.7 Å². The highest BCUT2D eigenvalue weighted by Gasteiger charge is 2.52. The quantitative estimate of drug-likeness (QED) is 0.597. The zero-order valence-electron chi connectivity index (χ0n) is 15.0. The number of rotatable bonds is 5. The molecule has 0 aromatic heterocycles. The number of carbonyl (C=O) groups excluding carboxylic acids is 1. The second-order valence-electron chi connectivity index (χ2n) is 7.27. The van der Waals surface area contributed by atoms with Crippen molar-refractivity contribution in [2.45, 2.75) is 32.2 Å². The smallest absolute Gasteiger partial charge is 0.364 e. The van der Waals surface area contributed by atoms with Crippen LogP contribution < -0.4 is 10.4 Å². The Hall–Kier alpha value is -1.56. The molecule has 0 radical (unpaired) electrons. The van der Waals surface area contributed by atoms with Crippen LogP contribution in [0.5, 0.6) is 0 Å². The summed E-state index contributed by atoms with van der Waals surface area (Å²) in [5, 5.41) is 2.45. The molecular weight excluding hydrogens is 348 g/mol. The summed E-state index contributed by atoms with van der Waals surface area (Å²) in [6, 6.07) is 21.1. The highest BCUT2D eigenvalue weighted by molar-refractivity contribution is 7.93. The van der Waals surface area contributed by atoms with Crippen molar-refractivity contribution in [3.63, 3.8) is 0 Å². The average Bonchev–Trinajstić information content (AvgIpc) is 3.02. The summed E-state index contributed by atoms with van der Waals surface area (Å²) in [7, 11) is -2.52. The fourth-order valence-electron chi connectivity index (χ4n) is 3.41. The molecule has 1 fully saturated rings. The van der Waals surface area contributed by atoms with Gasteiger partial charge in [0.05, 0.1) is 0 Å². The first kappa shape index (κ1) is 18.2. The Morgan fingerprint density at radius 3 is 1.92 bits per heavy atom. The van der Waals surface area contributed by atoms with Crippen molar-refractivity contribution in [3.8, 4) is 0 Å². The molecule has 5 heteroatoms. The minimum Gasteiger partial charge on any atom is -0.364 e. The van der Waals surface area contributed by atoms with Crippen LogP contribution in [0.15, 0.2) is 60.7 Å². The monoisotopic (exact) mass is 373 g/mol. The maximum absolute atomic E-state index is 11.5. The van der Waals surface area contributed by atoms with Crippen molar-refractivity contribution in [2.24, 2.45) is 0 Å². The van der Waals surface area contributed by atoms with Gasteiger partial charge in [-0.25, -0.2) is 8.98 Å². The maximum Gasteiger partial charge on any atom is 0.369 e. The first-order chi connectivity index (χ1) is 11.9. The Morgan fingerprint density at radius 1 is 1.00 bits per heavy atom. The second-order valence-corrected chi connectivity index (χ2v) is 13.3. The van der Waals surface area contributed by atoms with Gasteiger partial charge in [-0.05, 0) is 15.4 Å². The molecule has 1 heterocycles. The lowest BCUT2D eigenvalue weighted by atomic mass is 10.2. The Bertz CT molecular complexity index is 673. The lowest BCUT2D eigenvalue weighted by molar-refractivity contribution is -0.131. The van der Waals surface area contributed by atoms with Crippen molar-refractivity contribution in [1.82, 2.24) is 0 Å². The number of carbonyl (C=O) groups is 1. The average molecular weight is 374 g/mol. The zero-order chi connectivity index (χ0) is 17.9. The number of benzene rings is 2. The molecule has 3 rings (SSSR count). The van der Waals surface area contributed by atoms with Crippen LogP contribution in [-0.2, 0) is 24.6 Å². The van der Waals surface area contributed by atoms with Gasteiger partial charge in [-0.2, -0.15) is 0 Å². The summed E-state index contributed by atoms with van der Waals surface area (Å²) < 4.78 is 12.2. The molecule has 1 saturated heterocycles. The van der Waals surface area contributed by atoms with Gasteiger partial charge < -0.3 is 4.43 Å². The van der Waals surface area contributed by atoms with Crippen LogP contribution in [-0.4, -0.2) is 26.0 Å². The van der Waals surface area contributed by atoms with Crippen molar-refractivity contribution in [1.29, 1.82) is 0 Å². The summed E-state index contributed by atoms with van der Waals surface area (Å²) in [5.41, 5.74) is 0. The Balaban J connectivity index is 2.04. The SMILES string of the molecule is CC(C)(C)[Si](OC[S+]1CCC(=O)O1)(c1ccccc1)c1ccccc1. The van der Waals surface area contributed by atoms with E-state index in [0.717, 1.165) is 5.75 Å². The molecule has 0 saturated carbocycles. The topological polar surface area (TPSA) is 35.5 Å². The van der Waals surface area contributed by atoms with Crippen LogP contribution >= 0.6 is 0 Å². The summed E-state index contributed by atoms with van der Waals surface area (Å²) >= 11 is -0.423. The van der Waals surface area contributed by atoms with Gasteiger partial charge in [0.1, 0.15) is 6.42 Å². The predicted octanol–water partition coefficient (Wildman–Crippen LogP) is 3.00. The van der Waals surface area contributed by atoms with Crippen molar-refractivity contribution in [3.05, 3.63) is 60.7 Å². The van der Waals surface area contributed by atoms with Gasteiger partial charge in [0, 0.05) is 0 Å². The van der Waals surface area contributed by atoms with Crippen molar-refractivity contribution < 1.29 is 13.4 Å². The van der Waals surface area contributed by atoms with Crippen LogP contribution in [0.3, 0.4) is 0 Å². The summed E-state index contributed by atoms with van der Waals surface area (Å²) in [5.74, 6) is 1.16. The maximum atomic E-state index is 11.5. The van der Waals surface area contributed by atoms with Gasteiger partial charge in [-0.1, -0.05) is 81.4 Å². The summed E-state index contributed by atoms with van der Waals surface area (Å²) in [4.78, 5) is 11.5. The number of hydrogen-bond donors (Lipinski definition) is 0. The van der Waals surface area contributed by atoms with E-state index in [-0.39, 0.29) is 11.0 Å². The minimum atomic E-state index is -2.52. The fourth-order valence-corrected chi connectivity index (χ4v) is 9.79. The summed E-state index contributed by atoms with van der Waals surface area (Å²) in [6.45, 7) is 6.76. The van der Waals surface area contributed by atoms with Crippen LogP contribution in [0.4, 0.5) is 0 Å². The molecule has 1 aliphatic rings. The molecule has 1 unspecified atom stereocenters. The van der Waals surface area contributed by atoms with Gasteiger partial charge in [0.25, 0.3) is 8.32 Å². The Morgan fingerprint density at radius 2 is 1.52 bits per heavy atom. The molecule has 0 aliphatic carbocycles. The van der Waals surface area contributed by atoms with E-state index in [9.17, 15) is 4.79 Å². The molecular formula is C20H25O3SSi+. The largest absolute Gasteiger partial charge is 0.369 e. The highest BCUT2D eigenvalue weighted by Crippen LogP contribution is 2.37. The Kier molecular flexibility index (Phi) is 5.37. The third-order valence-electron chi connectivity index (χ3n) is 4.57. The molecule has 2 aromatic carbocycles. The predicted molar refractivity (Wildman–Crippen MR) is 107 cm³/mol. The first-order valence-corrected chi connectivity index (χ1v) is 12.0. The third-order valence-corrected chi connectivity index (χ3v) is 11.2. The lowest BCUT2D eigenvalue weighted by Crippen LogP contribution is -2.67. The fraction of sp³-hybridized carbons (Fsp3) is 0.350. The van der Waals surface area contributed by atoms with Gasteiger partial charge >= 0.3 is 5.97 Å². The molecule has 132 valence electrons. The van der Waals surface area contributed by atoms with E-state index in [1.807, 2.05) is 12.1 Å². The van der Waals surface area contributed by atoms with E-state index < -0.39 is 19.5 Å². The van der Waals surface area contributed by atoms with Gasteiger partial charge in [-0.3, -0.25) is 0 Å². The normalized spacial score (nSPS) is 18.2. The molecule has 2 aromatic rings. The van der Waals surface area contributed by atoms with E-state index in [1.165, 1.54) is 10.4 Å². The zero-order valence-corrected chi connectivity index (χ0v) is 16.8. The number of hydrogen-bond acceptors (Lipinski definition) is 3. The van der Waals surface area contributed by atoms with Crippen LogP contribution in [0.2, 0.25) is 5.04 Å². The van der Waals surface area contributed by atoms with Gasteiger partial charge in [0.2, 0.25) is 17.1 Å². The standard InChI is InChI=1S/C20H25O3SSi/c1-20(2,3)25(17-10-6-4-7-11-17,18-12-8-5-9-13-18)22-16-24-15-14-19(21)23-24/h4-13H,14-16H2,1-3H3/q+1. The van der Waals surface area contributed by atoms with E-state index in [4.69, 9.17) is 8.61 Å². The lowest BCUT2D eigenvalue weighted by Gasteiger charge is -2.42. The van der Waals surface area contributed by atoms with E-state index in [2.05, 4.69) is 69.3 Å². The second kappa shape index (κ2) is 7.36. The molecule has 25 heavy (non-hydrogen) atoms. The highest BCUT2D eigenvalue weighted by atomic mass is 32.2. The first-order valence-electron chi connectivity index (χ1n) is 8.57. The van der Waals surface area contributed by atoms with Gasteiger partial charge in [0.15, 0.2) is 5.75 Å². The van der Waals surface area contributed by atoms with Crippen LogP contribution in [0.25, 0.3) is 0 Å². The molecule has 1 atom stereocenters. The van der Waals surface area contributed by atoms with E-state index >= 15 is 0 Å². The van der Waals surface area contributed by atoms with Crippen molar-refractivity contribution >= 4 is 35.8 Å². The molecule has 0 spiro atoms. The molecule has 0 bridgehead atoms. The van der Waals surface area contributed by atoms with Crippen LogP contribution in [0, 0.1) is 0 Å². The minimum absolute atomic E-state index is 0.0528. The van der Waals surface area contributed by atoms with Gasteiger partial charge in [-0.15, -0.1) is 0 Å². The third kappa shape index (κ3) is 3.68. The van der Waals surface area contributed by atoms with E-state index in [0.29, 0.717) is 12.4 Å². The summed E-state index contributed by atoms with van der Waals surface area (Å²) in [6.07, 6.45) is 0.507. The molecule has 0 amide bonds.